The molecule has 2 atom stereocenters. The molecule has 4 aromatic rings. The maximum Gasteiger partial charge on any atom is 0.0474 e. The van der Waals surface area contributed by atoms with Gasteiger partial charge in [-0.25, -0.2) is 0 Å². The van der Waals surface area contributed by atoms with Crippen LogP contribution < -0.4 is 0 Å². The molecule has 8 rings (SSSR count). The average Bonchev–Trinajstić information content (AvgIpc) is 3.67. The van der Waals surface area contributed by atoms with Crippen molar-refractivity contribution in [3.05, 3.63) is 129 Å². The zero-order valence-corrected chi connectivity index (χ0v) is 29.9. The monoisotopic (exact) mass is 616 g/mol. The molecule has 0 saturated carbocycles. The van der Waals surface area contributed by atoms with Gasteiger partial charge < -0.3 is 0 Å². The Labute approximate surface area is 283 Å². The van der Waals surface area contributed by atoms with E-state index >= 15 is 0 Å². The van der Waals surface area contributed by atoms with Crippen molar-refractivity contribution in [3.8, 4) is 11.1 Å². The lowest BCUT2D eigenvalue weighted by molar-refractivity contribution is 0.298. The van der Waals surface area contributed by atoms with Gasteiger partial charge in [0.1, 0.15) is 0 Å². The summed E-state index contributed by atoms with van der Waals surface area (Å²) < 4.78 is 0. The van der Waals surface area contributed by atoms with E-state index in [1.165, 1.54) is 64.3 Å². The fraction of sp³-hybridized carbons (Fsp3) is 0.404. The molecule has 4 aliphatic carbocycles. The molecule has 2 unspecified atom stereocenters. The van der Waals surface area contributed by atoms with Gasteiger partial charge in [0.2, 0.25) is 0 Å². The molecule has 0 radical (unpaired) electrons. The van der Waals surface area contributed by atoms with Crippen LogP contribution >= 0.6 is 0 Å². The summed E-state index contributed by atoms with van der Waals surface area (Å²) in [4.78, 5) is 0. The van der Waals surface area contributed by atoms with Crippen molar-refractivity contribution in [1.82, 2.24) is 0 Å². The van der Waals surface area contributed by atoms with Gasteiger partial charge >= 0.3 is 0 Å². The quantitative estimate of drug-likeness (QED) is 0.194. The van der Waals surface area contributed by atoms with Crippen LogP contribution in [0.5, 0.6) is 0 Å². The first-order valence-corrected chi connectivity index (χ1v) is 18.7. The molecule has 0 heterocycles. The first-order chi connectivity index (χ1) is 22.7. The lowest BCUT2D eigenvalue weighted by atomic mass is 9.55. The van der Waals surface area contributed by atoms with Gasteiger partial charge in [0, 0.05) is 16.7 Å². The molecule has 0 aliphatic heterocycles. The smallest absolute Gasteiger partial charge is 0.0474 e. The fourth-order valence-corrected chi connectivity index (χ4v) is 11.1. The maximum absolute atomic E-state index is 2.82. The van der Waals surface area contributed by atoms with Crippen molar-refractivity contribution in [2.24, 2.45) is 23.7 Å². The Kier molecular flexibility index (Phi) is 7.15. The van der Waals surface area contributed by atoms with Crippen LogP contribution in [-0.4, -0.2) is 0 Å². The van der Waals surface area contributed by atoms with Crippen LogP contribution in [0.15, 0.2) is 96.1 Å². The highest BCUT2D eigenvalue weighted by Gasteiger charge is 2.55. The minimum atomic E-state index is -0.208. The van der Waals surface area contributed by atoms with Crippen molar-refractivity contribution < 1.29 is 0 Å². The van der Waals surface area contributed by atoms with E-state index in [-0.39, 0.29) is 10.8 Å². The molecular formula is C47H52. The summed E-state index contributed by atoms with van der Waals surface area (Å²) in [6, 6.07) is 28.5. The Morgan fingerprint density at radius 3 is 2.11 bits per heavy atom. The van der Waals surface area contributed by atoms with Crippen LogP contribution in [0.3, 0.4) is 0 Å². The highest BCUT2D eigenvalue weighted by Crippen LogP contribution is 2.67. The van der Waals surface area contributed by atoms with Crippen molar-refractivity contribution >= 4 is 21.9 Å². The second kappa shape index (κ2) is 10.9. The van der Waals surface area contributed by atoms with Crippen molar-refractivity contribution in [2.45, 2.75) is 98.3 Å². The number of rotatable bonds is 7. The Morgan fingerprint density at radius 1 is 0.702 bits per heavy atom. The predicted octanol–water partition coefficient (Wildman–Crippen LogP) is 12.9. The van der Waals surface area contributed by atoms with Crippen molar-refractivity contribution in [3.63, 3.8) is 0 Å². The molecule has 4 aliphatic rings. The summed E-state index contributed by atoms with van der Waals surface area (Å²) >= 11 is 0. The molecule has 1 spiro atoms. The van der Waals surface area contributed by atoms with E-state index in [0.717, 1.165) is 6.42 Å². The van der Waals surface area contributed by atoms with Gasteiger partial charge in [-0.3, -0.25) is 0 Å². The third-order valence-corrected chi connectivity index (χ3v) is 13.0. The molecule has 0 aromatic heterocycles. The van der Waals surface area contributed by atoms with Gasteiger partial charge in [0.05, 0.1) is 0 Å². The zero-order valence-electron chi connectivity index (χ0n) is 29.9. The highest BCUT2D eigenvalue weighted by molar-refractivity contribution is 6.10. The minimum absolute atomic E-state index is 0.0744. The van der Waals surface area contributed by atoms with E-state index < -0.39 is 0 Å². The maximum atomic E-state index is 2.82. The predicted molar refractivity (Wildman–Crippen MR) is 203 cm³/mol. The highest BCUT2D eigenvalue weighted by atomic mass is 14.6. The van der Waals surface area contributed by atoms with E-state index in [4.69, 9.17) is 0 Å². The fourth-order valence-electron chi connectivity index (χ4n) is 11.1. The van der Waals surface area contributed by atoms with Gasteiger partial charge in [0.25, 0.3) is 0 Å². The van der Waals surface area contributed by atoms with E-state index in [0.29, 0.717) is 23.7 Å². The summed E-state index contributed by atoms with van der Waals surface area (Å²) in [5, 5.41) is 2.80. The molecule has 4 aromatic carbocycles. The Hall–Kier alpha value is -3.64. The number of hydrogen-bond donors (Lipinski definition) is 0. The van der Waals surface area contributed by atoms with Gasteiger partial charge in [0.15, 0.2) is 0 Å². The van der Waals surface area contributed by atoms with Gasteiger partial charge in [-0.1, -0.05) is 146 Å². The molecule has 47 heavy (non-hydrogen) atoms. The van der Waals surface area contributed by atoms with Crippen LogP contribution in [0.1, 0.15) is 114 Å². The van der Waals surface area contributed by atoms with E-state index in [1.54, 1.807) is 39.0 Å². The number of benzene rings is 4. The molecule has 0 bridgehead atoms. The Bertz CT molecular complexity index is 2010. The van der Waals surface area contributed by atoms with Crippen LogP contribution in [0.4, 0.5) is 0 Å². The molecular weight excluding hydrogens is 565 g/mol. The molecule has 0 heteroatoms. The first-order valence-electron chi connectivity index (χ1n) is 18.7. The van der Waals surface area contributed by atoms with E-state index in [1.807, 2.05) is 0 Å². The van der Waals surface area contributed by atoms with Crippen molar-refractivity contribution in [1.29, 1.82) is 0 Å². The summed E-state index contributed by atoms with van der Waals surface area (Å²) in [6.07, 6.45) is 11.3. The van der Waals surface area contributed by atoms with E-state index in [2.05, 4.69) is 140 Å². The Morgan fingerprint density at radius 2 is 1.38 bits per heavy atom. The van der Waals surface area contributed by atoms with Gasteiger partial charge in [-0.2, -0.15) is 0 Å². The second-order valence-electron chi connectivity index (χ2n) is 15.8. The average molecular weight is 617 g/mol. The van der Waals surface area contributed by atoms with E-state index in [9.17, 15) is 0 Å². The lowest BCUT2D eigenvalue weighted by Crippen LogP contribution is -2.42. The summed E-state index contributed by atoms with van der Waals surface area (Å²) in [7, 11) is 0. The Balaban J connectivity index is 1.51. The molecule has 0 fully saturated rings. The first kappa shape index (κ1) is 30.7. The van der Waals surface area contributed by atoms with Gasteiger partial charge in [-0.05, 0) is 122 Å². The van der Waals surface area contributed by atoms with Crippen LogP contribution in [-0.2, 0) is 17.3 Å². The third-order valence-electron chi connectivity index (χ3n) is 13.0. The molecule has 0 nitrogen and oxygen atoms in total. The SMILES string of the molecule is CCC(CC)C1=CC2(c3ccc4c(c3-c3ccc5ccccc5c32)C(C)(C)C2=C4Cc3ccccc32)C(C(C)C)C(C(CC)CC)=C1. The molecule has 0 amide bonds. The van der Waals surface area contributed by atoms with Crippen LogP contribution in [0.2, 0.25) is 0 Å². The summed E-state index contributed by atoms with van der Waals surface area (Å²) in [5.41, 5.74) is 18.3. The second-order valence-corrected chi connectivity index (χ2v) is 15.8. The zero-order chi connectivity index (χ0) is 32.8. The number of fused-ring (bicyclic) bond motifs is 12. The minimum Gasteiger partial charge on any atom is -0.0654 e. The number of hydrogen-bond acceptors (Lipinski definition) is 0. The molecule has 0 N–H and O–H groups in total. The van der Waals surface area contributed by atoms with Crippen LogP contribution in [0, 0.1) is 23.7 Å². The lowest BCUT2D eigenvalue weighted by Gasteiger charge is -2.47. The largest absolute Gasteiger partial charge is 0.0654 e. The number of allylic oxidation sites excluding steroid dienone is 6. The normalized spacial score (nSPS) is 21.8. The third kappa shape index (κ3) is 4.00. The topological polar surface area (TPSA) is 0 Å². The van der Waals surface area contributed by atoms with Crippen molar-refractivity contribution in [2.75, 3.05) is 0 Å². The van der Waals surface area contributed by atoms with Crippen LogP contribution in [0.25, 0.3) is 33.0 Å². The molecule has 240 valence electrons. The standard InChI is InChI=1S/C47H52/c1-9-29(10-2)33-26-38(30(11-3)12-4)42(28(5)6)47(27-33)40-24-23-36-39-25-32-18-14-16-20-35(32)43(39)46(7,8)45(36)41(40)37-22-21-31-17-13-15-19-34(31)44(37)47/h13-24,26-30,42H,9-12,25H2,1-8H3. The summed E-state index contributed by atoms with van der Waals surface area (Å²) in [6.45, 7) is 19.7. The van der Waals surface area contributed by atoms with Gasteiger partial charge in [-0.15, -0.1) is 0 Å². The summed E-state index contributed by atoms with van der Waals surface area (Å²) in [5.74, 6) is 2.06. The molecule has 0 saturated heterocycles.